The summed E-state index contributed by atoms with van der Waals surface area (Å²) < 4.78 is 10.9. The average Bonchev–Trinajstić information content (AvgIpc) is 3.11. The molecule has 1 aliphatic rings. The van der Waals surface area contributed by atoms with Crippen LogP contribution in [-0.4, -0.2) is 30.8 Å². The van der Waals surface area contributed by atoms with Crippen molar-refractivity contribution in [1.29, 1.82) is 0 Å². The highest BCUT2D eigenvalue weighted by Gasteiger charge is 2.20. The van der Waals surface area contributed by atoms with Crippen LogP contribution in [0.4, 0.5) is 0 Å². The second-order valence-electron chi connectivity index (χ2n) is 7.86. The van der Waals surface area contributed by atoms with Gasteiger partial charge in [-0.1, -0.05) is 18.5 Å². The molecule has 2 aromatic carbocycles. The van der Waals surface area contributed by atoms with Crippen molar-refractivity contribution in [2.24, 2.45) is 11.0 Å². The first-order valence-electron chi connectivity index (χ1n) is 10.5. The zero-order valence-corrected chi connectivity index (χ0v) is 18.7. The molecule has 31 heavy (non-hydrogen) atoms. The van der Waals surface area contributed by atoms with Crippen molar-refractivity contribution in [2.45, 2.75) is 33.1 Å². The van der Waals surface area contributed by atoms with Gasteiger partial charge in [0.05, 0.1) is 25.0 Å². The Labute approximate surface area is 186 Å². The fourth-order valence-electron chi connectivity index (χ4n) is 4.09. The predicted molar refractivity (Wildman–Crippen MR) is 124 cm³/mol. The van der Waals surface area contributed by atoms with Gasteiger partial charge in [-0.3, -0.25) is 4.79 Å². The van der Waals surface area contributed by atoms with Gasteiger partial charge >= 0.3 is 0 Å². The summed E-state index contributed by atoms with van der Waals surface area (Å²) in [5.41, 5.74) is 7.58. The highest BCUT2D eigenvalue weighted by atomic mass is 35.5. The number of benzene rings is 2. The molecule has 6 nitrogen and oxygen atoms in total. The molecule has 4 rings (SSSR count). The first-order chi connectivity index (χ1) is 15.0. The Balaban J connectivity index is 1.52. The quantitative estimate of drug-likeness (QED) is 0.413. The summed E-state index contributed by atoms with van der Waals surface area (Å²) in [6, 6.07) is 9.20. The van der Waals surface area contributed by atoms with Gasteiger partial charge < -0.3 is 14.5 Å². The first-order valence-corrected chi connectivity index (χ1v) is 10.8. The van der Waals surface area contributed by atoms with E-state index in [9.17, 15) is 4.79 Å². The van der Waals surface area contributed by atoms with Crippen LogP contribution in [0, 0.1) is 5.92 Å². The SMILES string of the molecule is CCOc1cc(/C=N\NC(=O)c2ccc3[nH]c4c(c3c2)CC(C)CC4)cc(Cl)c1OC. The highest BCUT2D eigenvalue weighted by Crippen LogP contribution is 2.36. The number of halogens is 1. The van der Waals surface area contributed by atoms with E-state index in [1.54, 1.807) is 12.1 Å². The number of hydrazone groups is 1. The summed E-state index contributed by atoms with van der Waals surface area (Å²) in [6.07, 6.45) is 4.83. The third-order valence-electron chi connectivity index (χ3n) is 5.61. The number of rotatable bonds is 6. The molecule has 1 unspecified atom stereocenters. The number of aromatic amines is 1. The van der Waals surface area contributed by atoms with Crippen molar-refractivity contribution in [3.8, 4) is 11.5 Å². The van der Waals surface area contributed by atoms with Crippen molar-refractivity contribution < 1.29 is 14.3 Å². The molecule has 0 saturated carbocycles. The van der Waals surface area contributed by atoms with E-state index in [4.69, 9.17) is 21.1 Å². The summed E-state index contributed by atoms with van der Waals surface area (Å²) >= 11 is 6.26. The van der Waals surface area contributed by atoms with Gasteiger partial charge in [-0.15, -0.1) is 0 Å². The summed E-state index contributed by atoms with van der Waals surface area (Å²) in [6.45, 7) is 4.64. The van der Waals surface area contributed by atoms with Crippen LogP contribution in [-0.2, 0) is 12.8 Å². The van der Waals surface area contributed by atoms with Gasteiger partial charge in [0.25, 0.3) is 5.91 Å². The Morgan fingerprint density at radius 1 is 1.35 bits per heavy atom. The number of aryl methyl sites for hydroxylation is 1. The number of methoxy groups -OCH3 is 1. The molecule has 1 heterocycles. The zero-order valence-electron chi connectivity index (χ0n) is 17.9. The molecule has 0 fully saturated rings. The molecule has 2 N–H and O–H groups in total. The average molecular weight is 440 g/mol. The fraction of sp³-hybridized carbons (Fsp3) is 0.333. The Kier molecular flexibility index (Phi) is 6.18. The lowest BCUT2D eigenvalue weighted by Gasteiger charge is -2.18. The lowest BCUT2D eigenvalue weighted by atomic mass is 9.87. The van der Waals surface area contributed by atoms with Gasteiger partial charge in [0.15, 0.2) is 11.5 Å². The largest absolute Gasteiger partial charge is 0.491 e. The van der Waals surface area contributed by atoms with Crippen LogP contribution in [0.3, 0.4) is 0 Å². The van der Waals surface area contributed by atoms with E-state index in [1.165, 1.54) is 31.0 Å². The van der Waals surface area contributed by atoms with Gasteiger partial charge in [-0.25, -0.2) is 5.43 Å². The maximum atomic E-state index is 12.7. The van der Waals surface area contributed by atoms with E-state index in [-0.39, 0.29) is 5.91 Å². The molecule has 1 atom stereocenters. The molecule has 1 aromatic heterocycles. The predicted octanol–water partition coefficient (Wildman–Crippen LogP) is 5.12. The molecule has 0 spiro atoms. The van der Waals surface area contributed by atoms with Crippen LogP contribution in [0.1, 0.15) is 47.4 Å². The van der Waals surface area contributed by atoms with Crippen LogP contribution in [0.5, 0.6) is 11.5 Å². The molecule has 0 aliphatic heterocycles. The van der Waals surface area contributed by atoms with Crippen molar-refractivity contribution in [2.75, 3.05) is 13.7 Å². The van der Waals surface area contributed by atoms with Gasteiger partial charge in [-0.2, -0.15) is 5.10 Å². The van der Waals surface area contributed by atoms with E-state index < -0.39 is 0 Å². The van der Waals surface area contributed by atoms with Gasteiger partial charge in [0.1, 0.15) is 0 Å². The minimum Gasteiger partial charge on any atom is -0.491 e. The Morgan fingerprint density at radius 3 is 2.97 bits per heavy atom. The Bertz CT molecular complexity index is 1150. The minimum atomic E-state index is -0.262. The number of H-pyrrole nitrogens is 1. The third kappa shape index (κ3) is 4.39. The van der Waals surface area contributed by atoms with Crippen molar-refractivity contribution >= 4 is 34.6 Å². The number of fused-ring (bicyclic) bond motifs is 3. The van der Waals surface area contributed by atoms with Crippen LogP contribution >= 0.6 is 11.6 Å². The van der Waals surface area contributed by atoms with Crippen LogP contribution in [0.25, 0.3) is 10.9 Å². The lowest BCUT2D eigenvalue weighted by molar-refractivity contribution is 0.0955. The summed E-state index contributed by atoms with van der Waals surface area (Å²) in [7, 11) is 1.54. The van der Waals surface area contributed by atoms with E-state index in [0.717, 1.165) is 23.7 Å². The molecule has 1 amide bonds. The second-order valence-corrected chi connectivity index (χ2v) is 8.26. The maximum Gasteiger partial charge on any atom is 0.271 e. The van der Waals surface area contributed by atoms with Gasteiger partial charge in [0.2, 0.25) is 0 Å². The standard InChI is InChI=1S/C24H26ClN3O3/c1-4-31-22-11-15(10-19(25)23(22)30-3)13-26-28-24(29)16-6-8-21-18(12-16)17-9-14(2)5-7-20(17)27-21/h6,8,10-14,27H,4-5,7,9H2,1-3H3,(H,28,29)/b26-13-. The molecule has 3 aromatic rings. The monoisotopic (exact) mass is 439 g/mol. The summed E-state index contributed by atoms with van der Waals surface area (Å²) in [4.78, 5) is 16.2. The molecule has 1 aliphatic carbocycles. The fourth-order valence-corrected chi connectivity index (χ4v) is 4.38. The number of carbonyl (C=O) groups excluding carboxylic acids is 1. The number of carbonyl (C=O) groups is 1. The van der Waals surface area contributed by atoms with Gasteiger partial charge in [-0.05, 0) is 73.6 Å². The zero-order chi connectivity index (χ0) is 22.0. The van der Waals surface area contributed by atoms with Crippen LogP contribution in [0.15, 0.2) is 35.4 Å². The normalized spacial score (nSPS) is 15.8. The van der Waals surface area contributed by atoms with Crippen molar-refractivity contribution in [3.05, 3.63) is 57.7 Å². The molecule has 0 radical (unpaired) electrons. The van der Waals surface area contributed by atoms with Gasteiger partial charge in [0, 0.05) is 22.2 Å². The Morgan fingerprint density at radius 2 is 2.19 bits per heavy atom. The molecule has 162 valence electrons. The molecular formula is C24H26ClN3O3. The molecule has 7 heteroatoms. The van der Waals surface area contributed by atoms with E-state index in [0.29, 0.717) is 40.2 Å². The number of hydrogen-bond acceptors (Lipinski definition) is 4. The molecular weight excluding hydrogens is 414 g/mol. The number of aromatic nitrogens is 1. The van der Waals surface area contributed by atoms with Crippen LogP contribution in [0.2, 0.25) is 5.02 Å². The number of hydrogen-bond donors (Lipinski definition) is 2. The lowest BCUT2D eigenvalue weighted by Crippen LogP contribution is -2.17. The van der Waals surface area contributed by atoms with Crippen LogP contribution < -0.4 is 14.9 Å². The van der Waals surface area contributed by atoms with E-state index >= 15 is 0 Å². The summed E-state index contributed by atoms with van der Waals surface area (Å²) in [5.74, 6) is 1.40. The number of amides is 1. The topological polar surface area (TPSA) is 75.7 Å². The minimum absolute atomic E-state index is 0.262. The van der Waals surface area contributed by atoms with E-state index in [1.807, 2.05) is 25.1 Å². The number of nitrogens with zero attached hydrogens (tertiary/aromatic N) is 1. The number of nitrogens with one attached hydrogen (secondary N) is 2. The smallest absolute Gasteiger partial charge is 0.271 e. The first kappa shape index (κ1) is 21.2. The third-order valence-corrected chi connectivity index (χ3v) is 5.89. The molecule has 0 bridgehead atoms. The molecule has 0 saturated heterocycles. The van der Waals surface area contributed by atoms with Crippen molar-refractivity contribution in [3.63, 3.8) is 0 Å². The van der Waals surface area contributed by atoms with E-state index in [2.05, 4.69) is 22.4 Å². The van der Waals surface area contributed by atoms with Crippen molar-refractivity contribution in [1.82, 2.24) is 10.4 Å². The number of ether oxygens (including phenoxy) is 2. The second kappa shape index (κ2) is 9.02. The Hall–Kier alpha value is -2.99. The highest BCUT2D eigenvalue weighted by molar-refractivity contribution is 6.32. The maximum absolute atomic E-state index is 12.7. The summed E-state index contributed by atoms with van der Waals surface area (Å²) in [5, 5.41) is 5.64.